The van der Waals surface area contributed by atoms with Crippen LogP contribution in [0.5, 0.6) is 0 Å². The molecular weight excluding hydrogens is 422 g/mol. The molecule has 0 aromatic carbocycles. The molecule has 3 rings (SSSR count). The van der Waals surface area contributed by atoms with Crippen molar-refractivity contribution in [3.63, 3.8) is 0 Å². The van der Waals surface area contributed by atoms with E-state index in [1.807, 2.05) is 0 Å². The number of aryl methyl sites for hydroxylation is 2. The van der Waals surface area contributed by atoms with Gasteiger partial charge in [0, 0.05) is 30.5 Å². The summed E-state index contributed by atoms with van der Waals surface area (Å²) in [5.41, 5.74) is 0.273. The van der Waals surface area contributed by atoms with Gasteiger partial charge in [0.2, 0.25) is 21.6 Å². The first-order valence-electron chi connectivity index (χ1n) is 8.99. The molecule has 0 bridgehead atoms. The number of hydrogen-bond donors (Lipinski definition) is 1. The van der Waals surface area contributed by atoms with Crippen molar-refractivity contribution >= 4 is 38.4 Å². The maximum absolute atomic E-state index is 12.9. The molecule has 1 amide bonds. The van der Waals surface area contributed by atoms with Gasteiger partial charge in [-0.25, -0.2) is 13.2 Å². The molecule has 29 heavy (non-hydrogen) atoms. The normalized spacial score (nSPS) is 16.0. The van der Waals surface area contributed by atoms with Crippen LogP contribution in [0.25, 0.3) is 0 Å². The van der Waals surface area contributed by atoms with E-state index in [0.717, 1.165) is 11.5 Å². The highest BCUT2D eigenvalue weighted by molar-refractivity contribution is 7.89. The molecule has 158 valence electrons. The molecule has 2 aromatic heterocycles. The van der Waals surface area contributed by atoms with E-state index in [0.29, 0.717) is 18.5 Å². The van der Waals surface area contributed by atoms with Crippen molar-refractivity contribution in [2.24, 2.45) is 5.92 Å². The van der Waals surface area contributed by atoms with Crippen LogP contribution in [0, 0.1) is 19.8 Å². The summed E-state index contributed by atoms with van der Waals surface area (Å²) in [6, 6.07) is 0. The molecule has 1 N–H and O–H groups in total. The molecule has 2 aromatic rings. The number of amides is 1. The van der Waals surface area contributed by atoms with Crippen molar-refractivity contribution in [3.05, 3.63) is 17.1 Å². The number of anilines is 1. The minimum absolute atomic E-state index is 0.0383. The number of nitrogens with one attached hydrogen (secondary N) is 1. The van der Waals surface area contributed by atoms with E-state index in [9.17, 15) is 18.0 Å². The van der Waals surface area contributed by atoms with E-state index >= 15 is 0 Å². The van der Waals surface area contributed by atoms with E-state index in [1.54, 1.807) is 20.8 Å². The highest BCUT2D eigenvalue weighted by atomic mass is 32.2. The highest BCUT2D eigenvalue weighted by Crippen LogP contribution is 2.29. The summed E-state index contributed by atoms with van der Waals surface area (Å²) >= 11 is 0.885. The maximum atomic E-state index is 12.9. The molecule has 11 nitrogen and oxygen atoms in total. The molecule has 0 radical (unpaired) electrons. The van der Waals surface area contributed by atoms with Crippen LogP contribution in [0.3, 0.4) is 0 Å². The van der Waals surface area contributed by atoms with E-state index < -0.39 is 21.9 Å². The Kier molecular flexibility index (Phi) is 6.29. The van der Waals surface area contributed by atoms with Crippen LogP contribution in [0.2, 0.25) is 0 Å². The molecular formula is C16H21N5O6S2. The molecule has 0 unspecified atom stereocenters. The fourth-order valence-corrected chi connectivity index (χ4v) is 5.47. The third kappa shape index (κ3) is 4.31. The molecule has 0 saturated carbocycles. The summed E-state index contributed by atoms with van der Waals surface area (Å²) < 4.78 is 40.6. The predicted molar refractivity (Wildman–Crippen MR) is 102 cm³/mol. The van der Waals surface area contributed by atoms with Gasteiger partial charge in [0.25, 0.3) is 0 Å². The summed E-state index contributed by atoms with van der Waals surface area (Å²) in [6.07, 6.45) is 0.685. The van der Waals surface area contributed by atoms with Crippen LogP contribution in [0.4, 0.5) is 5.00 Å². The Balaban J connectivity index is 1.64. The lowest BCUT2D eigenvalue weighted by atomic mass is 9.97. The third-order valence-corrected chi connectivity index (χ3v) is 7.37. The van der Waals surface area contributed by atoms with Crippen LogP contribution in [-0.4, -0.2) is 59.0 Å². The average Bonchev–Trinajstić information content (AvgIpc) is 3.28. The van der Waals surface area contributed by atoms with Crippen LogP contribution >= 0.6 is 11.5 Å². The molecule has 1 saturated heterocycles. The number of esters is 1. The maximum Gasteiger partial charge on any atom is 0.362 e. The summed E-state index contributed by atoms with van der Waals surface area (Å²) in [4.78, 5) is 24.5. The number of ether oxygens (including phenoxy) is 1. The summed E-state index contributed by atoms with van der Waals surface area (Å²) in [5.74, 6) is -1.12. The Morgan fingerprint density at radius 3 is 2.59 bits per heavy atom. The number of hydrogen-bond acceptors (Lipinski definition) is 10. The number of carbonyl (C=O) groups excluding carboxylic acids is 2. The molecule has 1 aliphatic rings. The fourth-order valence-electron chi connectivity index (χ4n) is 3.15. The van der Waals surface area contributed by atoms with Crippen LogP contribution in [-0.2, 0) is 19.6 Å². The van der Waals surface area contributed by atoms with Gasteiger partial charge in [0.1, 0.15) is 10.6 Å². The van der Waals surface area contributed by atoms with Gasteiger partial charge in [-0.15, -0.1) is 5.10 Å². The Hall–Kier alpha value is -2.38. The molecule has 0 atom stereocenters. The quantitative estimate of drug-likeness (QED) is 0.654. The molecule has 1 aliphatic heterocycles. The summed E-state index contributed by atoms with van der Waals surface area (Å²) in [6.45, 7) is 5.36. The van der Waals surface area contributed by atoms with E-state index in [-0.39, 0.29) is 47.0 Å². The number of carbonyl (C=O) groups is 2. The SMILES string of the molecule is CCOC(=O)c1nnsc1NC(=O)C1CCN(S(=O)(=O)c2c(C)noc2C)CC1. The number of aromatic nitrogens is 3. The fraction of sp³-hybridized carbons (Fsp3) is 0.562. The first-order valence-corrected chi connectivity index (χ1v) is 11.2. The molecule has 13 heteroatoms. The number of rotatable bonds is 6. The van der Waals surface area contributed by atoms with Crippen LogP contribution < -0.4 is 5.32 Å². The van der Waals surface area contributed by atoms with Crippen LogP contribution in [0.15, 0.2) is 9.42 Å². The van der Waals surface area contributed by atoms with Gasteiger partial charge in [-0.3, -0.25) is 4.79 Å². The lowest BCUT2D eigenvalue weighted by molar-refractivity contribution is -0.120. The monoisotopic (exact) mass is 443 g/mol. The minimum atomic E-state index is -3.74. The first-order chi connectivity index (χ1) is 13.8. The Bertz CT molecular complexity index is 987. The largest absolute Gasteiger partial charge is 0.461 e. The topological polar surface area (TPSA) is 145 Å². The minimum Gasteiger partial charge on any atom is -0.461 e. The van der Waals surface area contributed by atoms with E-state index in [1.165, 1.54) is 4.31 Å². The standard InChI is InChI=1S/C16H21N5O6S2/c1-4-26-16(23)12-15(28-20-18-12)17-14(22)11-5-7-21(8-6-11)29(24,25)13-9(2)19-27-10(13)3/h11H,4-8H2,1-3H3,(H,17,22). The van der Waals surface area contributed by atoms with Crippen molar-refractivity contribution in [1.82, 2.24) is 19.0 Å². The van der Waals surface area contributed by atoms with Crippen LogP contribution in [0.1, 0.15) is 41.7 Å². The van der Waals surface area contributed by atoms with Crippen molar-refractivity contribution in [2.75, 3.05) is 25.0 Å². The third-order valence-electron chi connectivity index (χ3n) is 4.58. The Morgan fingerprint density at radius 1 is 1.31 bits per heavy atom. The van der Waals surface area contributed by atoms with Gasteiger partial charge >= 0.3 is 5.97 Å². The Morgan fingerprint density at radius 2 is 2.00 bits per heavy atom. The second-order valence-electron chi connectivity index (χ2n) is 6.49. The van der Waals surface area contributed by atoms with Crippen molar-refractivity contribution in [3.8, 4) is 0 Å². The smallest absolute Gasteiger partial charge is 0.362 e. The van der Waals surface area contributed by atoms with Crippen molar-refractivity contribution in [1.29, 1.82) is 0 Å². The molecule has 3 heterocycles. The van der Waals surface area contributed by atoms with Gasteiger partial charge in [-0.2, -0.15) is 4.31 Å². The van der Waals surface area contributed by atoms with Gasteiger partial charge in [-0.05, 0) is 33.6 Å². The molecule has 1 fully saturated rings. The average molecular weight is 444 g/mol. The van der Waals surface area contributed by atoms with Crippen molar-refractivity contribution < 1.29 is 27.3 Å². The zero-order valence-corrected chi connectivity index (χ0v) is 17.8. The second kappa shape index (κ2) is 8.55. The number of piperidine rings is 1. The van der Waals surface area contributed by atoms with Crippen molar-refractivity contribution in [2.45, 2.75) is 38.5 Å². The second-order valence-corrected chi connectivity index (χ2v) is 9.12. The molecule has 0 spiro atoms. The van der Waals surface area contributed by atoms with Gasteiger partial charge in [-0.1, -0.05) is 9.64 Å². The number of nitrogens with zero attached hydrogens (tertiary/aromatic N) is 4. The zero-order valence-electron chi connectivity index (χ0n) is 16.2. The predicted octanol–water partition coefficient (Wildman–Crippen LogP) is 1.36. The van der Waals surface area contributed by atoms with Gasteiger partial charge in [0.15, 0.2) is 10.8 Å². The van der Waals surface area contributed by atoms with Gasteiger partial charge < -0.3 is 14.6 Å². The highest BCUT2D eigenvalue weighted by Gasteiger charge is 2.35. The number of sulfonamides is 1. The molecule has 0 aliphatic carbocycles. The van der Waals surface area contributed by atoms with E-state index in [2.05, 4.69) is 20.1 Å². The summed E-state index contributed by atoms with van der Waals surface area (Å²) in [7, 11) is -3.74. The lowest BCUT2D eigenvalue weighted by Gasteiger charge is -2.30. The summed E-state index contributed by atoms with van der Waals surface area (Å²) in [5, 5.41) is 10.3. The zero-order chi connectivity index (χ0) is 21.2. The van der Waals surface area contributed by atoms with E-state index in [4.69, 9.17) is 9.26 Å². The lowest BCUT2D eigenvalue weighted by Crippen LogP contribution is -2.41. The Labute approximate surface area is 171 Å². The first kappa shape index (κ1) is 21.3. The van der Waals surface area contributed by atoms with Gasteiger partial charge in [0.05, 0.1) is 6.61 Å².